The lowest BCUT2D eigenvalue weighted by Gasteiger charge is -2.23. The minimum Gasteiger partial charge on any atom is -0.373 e. The van der Waals surface area contributed by atoms with Gasteiger partial charge in [-0.25, -0.2) is 0 Å². The zero-order chi connectivity index (χ0) is 20.4. The number of rotatable bonds is 5. The maximum absolute atomic E-state index is 12.6. The van der Waals surface area contributed by atoms with E-state index in [9.17, 15) is 14.4 Å². The molecule has 0 radical (unpaired) electrons. The van der Waals surface area contributed by atoms with E-state index >= 15 is 0 Å². The van der Waals surface area contributed by atoms with Gasteiger partial charge in [0.2, 0.25) is 11.3 Å². The van der Waals surface area contributed by atoms with Gasteiger partial charge in [-0.2, -0.15) is 0 Å². The van der Waals surface area contributed by atoms with E-state index in [4.69, 9.17) is 0 Å². The maximum Gasteiger partial charge on any atom is 0.278 e. The number of carbonyl (C=O) groups is 1. The largest absolute Gasteiger partial charge is 0.373 e. The van der Waals surface area contributed by atoms with Crippen LogP contribution in [0.25, 0.3) is 21.9 Å². The zero-order valence-electron chi connectivity index (χ0n) is 15.9. The molecular formula is C20H20N6O3. The van der Waals surface area contributed by atoms with Crippen LogP contribution in [0.3, 0.4) is 0 Å². The second kappa shape index (κ2) is 7.70. The third-order valence-corrected chi connectivity index (χ3v) is 4.97. The summed E-state index contributed by atoms with van der Waals surface area (Å²) in [5.41, 5.74) is 1.52. The first-order chi connectivity index (χ1) is 14.0. The summed E-state index contributed by atoms with van der Waals surface area (Å²) in [6.07, 6.45) is 6.81. The summed E-state index contributed by atoms with van der Waals surface area (Å²) in [5.74, 6) is -0.0610. The van der Waals surface area contributed by atoms with E-state index in [1.54, 1.807) is 18.2 Å². The van der Waals surface area contributed by atoms with Crippen LogP contribution in [0.15, 0.2) is 51.7 Å². The van der Waals surface area contributed by atoms with E-state index in [2.05, 4.69) is 36.7 Å². The minimum absolute atomic E-state index is 0.0241. The number of H-pyrrole nitrogens is 2. The number of aromatic amines is 2. The molecular weight excluding hydrogens is 372 g/mol. The average molecular weight is 392 g/mol. The quantitative estimate of drug-likeness (QED) is 0.584. The third kappa shape index (κ3) is 3.79. The molecule has 148 valence electrons. The SMILES string of the molecule is CN1CC=CC=C1CNC(=O)CCc1ccc2c(=O)c3[nH]nnc3c(=O)[nH]c2c1. The number of fused-ring (bicyclic) bond motifs is 2. The molecule has 2 aromatic heterocycles. The van der Waals surface area contributed by atoms with Crippen LogP contribution in [0, 0.1) is 0 Å². The number of hydrogen-bond acceptors (Lipinski definition) is 6. The highest BCUT2D eigenvalue weighted by Crippen LogP contribution is 2.12. The van der Waals surface area contributed by atoms with Crippen molar-refractivity contribution in [2.45, 2.75) is 12.8 Å². The van der Waals surface area contributed by atoms with E-state index in [0.29, 0.717) is 30.3 Å². The van der Waals surface area contributed by atoms with E-state index in [1.807, 2.05) is 19.2 Å². The highest BCUT2D eigenvalue weighted by Gasteiger charge is 2.11. The second-order valence-electron chi connectivity index (χ2n) is 6.94. The van der Waals surface area contributed by atoms with Gasteiger partial charge in [0, 0.05) is 31.1 Å². The van der Waals surface area contributed by atoms with Crippen LogP contribution in [0.1, 0.15) is 12.0 Å². The van der Waals surface area contributed by atoms with Crippen molar-refractivity contribution in [2.75, 3.05) is 20.1 Å². The van der Waals surface area contributed by atoms with Gasteiger partial charge in [0.1, 0.15) is 5.52 Å². The molecule has 1 amide bonds. The predicted molar refractivity (Wildman–Crippen MR) is 109 cm³/mol. The standard InChI is InChI=1S/C20H20N6O3/c1-26-9-3-2-4-13(26)11-21-16(27)8-6-12-5-7-14-15(10-12)22-20(29)18-17(19(14)28)23-25-24-18/h2-5,7,10H,6,8-9,11H2,1H3,(H,21,27)(H,22,29)(H,23,24,25). The maximum atomic E-state index is 12.6. The van der Waals surface area contributed by atoms with E-state index in [1.165, 1.54) is 0 Å². The van der Waals surface area contributed by atoms with Gasteiger partial charge >= 0.3 is 0 Å². The monoisotopic (exact) mass is 392 g/mol. The fraction of sp³-hybridized carbons (Fsp3) is 0.250. The van der Waals surface area contributed by atoms with Gasteiger partial charge < -0.3 is 15.2 Å². The Labute approximate surface area is 165 Å². The van der Waals surface area contributed by atoms with Crippen molar-refractivity contribution in [3.8, 4) is 0 Å². The van der Waals surface area contributed by atoms with Gasteiger partial charge in [0.25, 0.3) is 5.56 Å². The highest BCUT2D eigenvalue weighted by atomic mass is 16.1. The summed E-state index contributed by atoms with van der Waals surface area (Å²) < 4.78 is 0. The van der Waals surface area contributed by atoms with Gasteiger partial charge in [-0.15, -0.1) is 5.10 Å². The van der Waals surface area contributed by atoms with E-state index in [0.717, 1.165) is 17.8 Å². The lowest BCUT2D eigenvalue weighted by atomic mass is 10.1. The number of hydrogen-bond donors (Lipinski definition) is 3. The molecule has 9 heteroatoms. The number of allylic oxidation sites excluding steroid dienone is 2. The lowest BCUT2D eigenvalue weighted by molar-refractivity contribution is -0.120. The van der Waals surface area contributed by atoms with Gasteiger partial charge in [0.05, 0.1) is 12.1 Å². The molecule has 29 heavy (non-hydrogen) atoms. The van der Waals surface area contributed by atoms with Gasteiger partial charge in [-0.05, 0) is 30.2 Å². The molecule has 3 aromatic rings. The molecule has 0 fully saturated rings. The molecule has 3 N–H and O–H groups in total. The summed E-state index contributed by atoms with van der Waals surface area (Å²) in [4.78, 5) is 41.8. The first kappa shape index (κ1) is 18.6. The van der Waals surface area contributed by atoms with Gasteiger partial charge in [0.15, 0.2) is 5.52 Å². The second-order valence-corrected chi connectivity index (χ2v) is 6.94. The number of aromatic nitrogens is 4. The topological polar surface area (TPSA) is 124 Å². The van der Waals surface area contributed by atoms with Crippen LogP contribution < -0.4 is 16.3 Å². The molecule has 9 nitrogen and oxygen atoms in total. The lowest BCUT2D eigenvalue weighted by Crippen LogP contribution is -2.32. The van der Waals surface area contributed by atoms with Crippen molar-refractivity contribution in [3.63, 3.8) is 0 Å². The molecule has 0 bridgehead atoms. The zero-order valence-corrected chi connectivity index (χ0v) is 15.9. The summed E-state index contributed by atoms with van der Waals surface area (Å²) in [6.45, 7) is 1.31. The summed E-state index contributed by atoms with van der Waals surface area (Å²) in [7, 11) is 1.98. The third-order valence-electron chi connectivity index (χ3n) is 4.97. The molecule has 0 saturated carbocycles. The number of likely N-dealkylation sites (N-methyl/N-ethyl adjacent to an activating group) is 1. The Morgan fingerprint density at radius 2 is 2.17 bits per heavy atom. The van der Waals surface area contributed by atoms with Crippen molar-refractivity contribution in [2.24, 2.45) is 0 Å². The molecule has 1 aliphatic rings. The summed E-state index contributed by atoms with van der Waals surface area (Å²) in [6, 6.07) is 5.16. The van der Waals surface area contributed by atoms with Crippen LogP contribution in [0.4, 0.5) is 0 Å². The molecule has 0 atom stereocenters. The average Bonchev–Trinajstić information content (AvgIpc) is 3.18. The van der Waals surface area contributed by atoms with Crippen LogP contribution >= 0.6 is 0 Å². The number of aryl methyl sites for hydroxylation is 1. The van der Waals surface area contributed by atoms with Gasteiger partial charge in [-0.1, -0.05) is 23.4 Å². The normalized spacial score (nSPS) is 13.7. The Morgan fingerprint density at radius 1 is 1.31 bits per heavy atom. The van der Waals surface area contributed by atoms with Crippen LogP contribution in [0.5, 0.6) is 0 Å². The van der Waals surface area contributed by atoms with Crippen molar-refractivity contribution in [3.05, 3.63) is 68.3 Å². The summed E-state index contributed by atoms with van der Waals surface area (Å²) >= 11 is 0. The molecule has 0 saturated heterocycles. The Bertz CT molecular complexity index is 1270. The van der Waals surface area contributed by atoms with Crippen LogP contribution in [-0.2, 0) is 11.2 Å². The predicted octanol–water partition coefficient (Wildman–Crippen LogP) is 0.594. The Balaban J connectivity index is 1.49. The summed E-state index contributed by atoms with van der Waals surface area (Å²) in [5, 5.41) is 13.0. The molecule has 1 aliphatic heterocycles. The molecule has 0 unspecified atom stereocenters. The fourth-order valence-electron chi connectivity index (χ4n) is 3.28. The van der Waals surface area contributed by atoms with Crippen molar-refractivity contribution < 1.29 is 4.79 Å². The van der Waals surface area contributed by atoms with E-state index in [-0.39, 0.29) is 22.4 Å². The Kier molecular flexibility index (Phi) is 4.94. The Hall–Kier alpha value is -3.75. The minimum atomic E-state index is -0.491. The molecule has 4 rings (SSSR count). The van der Waals surface area contributed by atoms with Crippen molar-refractivity contribution >= 4 is 27.8 Å². The van der Waals surface area contributed by atoms with E-state index < -0.39 is 5.56 Å². The van der Waals surface area contributed by atoms with Crippen molar-refractivity contribution in [1.29, 1.82) is 0 Å². The molecule has 0 spiro atoms. The molecule has 3 heterocycles. The number of nitrogens with zero attached hydrogens (tertiary/aromatic N) is 3. The van der Waals surface area contributed by atoms with Crippen LogP contribution in [0.2, 0.25) is 0 Å². The first-order valence-electron chi connectivity index (χ1n) is 9.26. The van der Waals surface area contributed by atoms with Crippen molar-refractivity contribution in [1.82, 2.24) is 30.6 Å². The number of benzene rings is 1. The van der Waals surface area contributed by atoms with Crippen LogP contribution in [-0.4, -0.2) is 51.3 Å². The number of nitrogens with one attached hydrogen (secondary N) is 3. The number of carbonyl (C=O) groups excluding carboxylic acids is 1. The number of amides is 1. The first-order valence-corrected chi connectivity index (χ1v) is 9.26. The Morgan fingerprint density at radius 3 is 3.00 bits per heavy atom. The van der Waals surface area contributed by atoms with Gasteiger partial charge in [-0.3, -0.25) is 19.5 Å². The molecule has 0 aliphatic carbocycles. The smallest absolute Gasteiger partial charge is 0.278 e. The highest BCUT2D eigenvalue weighted by molar-refractivity contribution is 5.86. The fourth-order valence-corrected chi connectivity index (χ4v) is 3.28. The molecule has 1 aromatic carbocycles.